The normalized spacial score (nSPS) is 28.3. The highest BCUT2D eigenvalue weighted by Crippen LogP contribution is 2.28. The first-order valence-corrected chi connectivity index (χ1v) is 7.14. The molecular formula is C12H25NS. The van der Waals surface area contributed by atoms with E-state index in [9.17, 15) is 0 Å². The SMILES string of the molecule is CCSC1CCCCC1NCC(C)C. The fourth-order valence-electron chi connectivity index (χ4n) is 2.13. The Morgan fingerprint density at radius 3 is 2.64 bits per heavy atom. The molecule has 0 aromatic carbocycles. The van der Waals surface area contributed by atoms with E-state index in [-0.39, 0.29) is 0 Å². The zero-order valence-corrected chi connectivity index (χ0v) is 10.7. The van der Waals surface area contributed by atoms with E-state index in [2.05, 4.69) is 37.8 Å². The number of hydrogen-bond acceptors (Lipinski definition) is 2. The van der Waals surface area contributed by atoms with Crippen molar-refractivity contribution in [1.29, 1.82) is 0 Å². The Kier molecular flexibility index (Phi) is 5.95. The van der Waals surface area contributed by atoms with Crippen LogP contribution in [0, 0.1) is 5.92 Å². The third-order valence-electron chi connectivity index (χ3n) is 2.87. The molecule has 0 spiro atoms. The van der Waals surface area contributed by atoms with Crippen molar-refractivity contribution in [1.82, 2.24) is 5.32 Å². The number of thioether (sulfide) groups is 1. The van der Waals surface area contributed by atoms with Crippen molar-refractivity contribution in [3.8, 4) is 0 Å². The second-order valence-electron chi connectivity index (χ2n) is 4.69. The van der Waals surface area contributed by atoms with Gasteiger partial charge in [-0.3, -0.25) is 0 Å². The predicted molar refractivity (Wildman–Crippen MR) is 67.0 cm³/mol. The fraction of sp³-hybridized carbons (Fsp3) is 1.00. The second kappa shape index (κ2) is 6.73. The lowest BCUT2D eigenvalue weighted by Crippen LogP contribution is -2.42. The van der Waals surface area contributed by atoms with Crippen LogP contribution in [-0.2, 0) is 0 Å². The molecule has 1 rings (SSSR count). The zero-order chi connectivity index (χ0) is 10.4. The third kappa shape index (κ3) is 4.22. The van der Waals surface area contributed by atoms with Gasteiger partial charge in [0.15, 0.2) is 0 Å². The van der Waals surface area contributed by atoms with Gasteiger partial charge in [-0.2, -0.15) is 11.8 Å². The summed E-state index contributed by atoms with van der Waals surface area (Å²) >= 11 is 2.15. The van der Waals surface area contributed by atoms with Crippen molar-refractivity contribution < 1.29 is 0 Å². The van der Waals surface area contributed by atoms with Crippen molar-refractivity contribution in [2.75, 3.05) is 12.3 Å². The first-order valence-electron chi connectivity index (χ1n) is 6.09. The van der Waals surface area contributed by atoms with Crippen molar-refractivity contribution >= 4 is 11.8 Å². The Bertz CT molecular complexity index is 145. The van der Waals surface area contributed by atoms with Crippen molar-refractivity contribution in [3.63, 3.8) is 0 Å². The molecule has 1 nitrogen and oxygen atoms in total. The van der Waals surface area contributed by atoms with Gasteiger partial charge in [0.1, 0.15) is 0 Å². The molecule has 0 heterocycles. The van der Waals surface area contributed by atoms with E-state index in [1.54, 1.807) is 0 Å². The largest absolute Gasteiger partial charge is 0.313 e. The van der Waals surface area contributed by atoms with Crippen LogP contribution in [0.4, 0.5) is 0 Å². The predicted octanol–water partition coefficient (Wildman–Crippen LogP) is 3.30. The van der Waals surface area contributed by atoms with Gasteiger partial charge in [0.05, 0.1) is 0 Å². The lowest BCUT2D eigenvalue weighted by Gasteiger charge is -2.32. The molecule has 1 aliphatic carbocycles. The molecule has 0 amide bonds. The molecule has 2 heteroatoms. The molecule has 1 aliphatic rings. The average Bonchev–Trinajstić information content (AvgIpc) is 2.17. The zero-order valence-electron chi connectivity index (χ0n) is 9.88. The molecule has 2 atom stereocenters. The topological polar surface area (TPSA) is 12.0 Å². The standard InChI is InChI=1S/C12H25NS/c1-4-14-12-8-6-5-7-11(12)13-9-10(2)3/h10-13H,4-9H2,1-3H3. The lowest BCUT2D eigenvalue weighted by atomic mass is 9.94. The van der Waals surface area contributed by atoms with Crippen LogP contribution in [0.25, 0.3) is 0 Å². The highest BCUT2D eigenvalue weighted by molar-refractivity contribution is 7.99. The summed E-state index contributed by atoms with van der Waals surface area (Å²) < 4.78 is 0. The molecule has 0 aliphatic heterocycles. The van der Waals surface area contributed by atoms with E-state index < -0.39 is 0 Å². The van der Waals surface area contributed by atoms with Gasteiger partial charge < -0.3 is 5.32 Å². The first-order chi connectivity index (χ1) is 6.74. The van der Waals surface area contributed by atoms with Gasteiger partial charge in [-0.1, -0.05) is 33.6 Å². The Labute approximate surface area is 93.4 Å². The summed E-state index contributed by atoms with van der Waals surface area (Å²) in [5, 5.41) is 4.62. The van der Waals surface area contributed by atoms with Gasteiger partial charge >= 0.3 is 0 Å². The molecule has 1 fully saturated rings. The third-order valence-corrected chi connectivity index (χ3v) is 4.20. The molecular weight excluding hydrogens is 190 g/mol. The van der Waals surface area contributed by atoms with Crippen molar-refractivity contribution in [2.24, 2.45) is 5.92 Å². The van der Waals surface area contributed by atoms with Crippen LogP contribution in [0.1, 0.15) is 46.5 Å². The van der Waals surface area contributed by atoms with Gasteiger partial charge in [0, 0.05) is 11.3 Å². The van der Waals surface area contributed by atoms with Gasteiger partial charge in [0.2, 0.25) is 0 Å². The number of rotatable bonds is 5. The first kappa shape index (κ1) is 12.4. The lowest BCUT2D eigenvalue weighted by molar-refractivity contribution is 0.367. The molecule has 84 valence electrons. The summed E-state index contributed by atoms with van der Waals surface area (Å²) in [7, 11) is 0. The molecule has 14 heavy (non-hydrogen) atoms. The van der Waals surface area contributed by atoms with E-state index in [0.29, 0.717) is 0 Å². The summed E-state index contributed by atoms with van der Waals surface area (Å²) in [5.41, 5.74) is 0. The van der Waals surface area contributed by atoms with Crippen LogP contribution in [0.3, 0.4) is 0 Å². The highest BCUT2D eigenvalue weighted by atomic mass is 32.2. The minimum Gasteiger partial charge on any atom is -0.313 e. The minimum atomic E-state index is 0.782. The Morgan fingerprint density at radius 2 is 2.00 bits per heavy atom. The van der Waals surface area contributed by atoms with Crippen LogP contribution in [-0.4, -0.2) is 23.6 Å². The smallest absolute Gasteiger partial charge is 0.0201 e. The maximum atomic E-state index is 3.74. The van der Waals surface area contributed by atoms with Gasteiger partial charge in [-0.15, -0.1) is 0 Å². The van der Waals surface area contributed by atoms with Crippen LogP contribution < -0.4 is 5.32 Å². The van der Waals surface area contributed by atoms with E-state index in [4.69, 9.17) is 0 Å². The maximum Gasteiger partial charge on any atom is 0.0201 e. The quantitative estimate of drug-likeness (QED) is 0.755. The molecule has 0 bridgehead atoms. The molecule has 2 unspecified atom stereocenters. The number of nitrogens with one attached hydrogen (secondary N) is 1. The second-order valence-corrected chi connectivity index (χ2v) is 6.20. The van der Waals surface area contributed by atoms with E-state index >= 15 is 0 Å². The fourth-order valence-corrected chi connectivity index (χ4v) is 3.36. The average molecular weight is 215 g/mol. The minimum absolute atomic E-state index is 0.782. The molecule has 0 aromatic heterocycles. The van der Waals surface area contributed by atoms with E-state index in [1.807, 2.05) is 0 Å². The highest BCUT2D eigenvalue weighted by Gasteiger charge is 2.24. The van der Waals surface area contributed by atoms with E-state index in [1.165, 1.54) is 38.0 Å². The Balaban J connectivity index is 2.30. The molecule has 0 aromatic rings. The summed E-state index contributed by atoms with van der Waals surface area (Å²) in [6.45, 7) is 8.04. The Morgan fingerprint density at radius 1 is 1.29 bits per heavy atom. The summed E-state index contributed by atoms with van der Waals surface area (Å²) in [6.07, 6.45) is 5.69. The molecule has 0 saturated heterocycles. The molecule has 0 radical (unpaired) electrons. The van der Waals surface area contributed by atoms with Crippen LogP contribution in [0.5, 0.6) is 0 Å². The van der Waals surface area contributed by atoms with Crippen LogP contribution >= 0.6 is 11.8 Å². The van der Waals surface area contributed by atoms with Gasteiger partial charge in [-0.05, 0) is 31.1 Å². The molecule has 1 saturated carbocycles. The van der Waals surface area contributed by atoms with Crippen molar-refractivity contribution in [3.05, 3.63) is 0 Å². The Hall–Kier alpha value is 0.310. The van der Waals surface area contributed by atoms with Crippen LogP contribution in [0.2, 0.25) is 0 Å². The van der Waals surface area contributed by atoms with Crippen LogP contribution in [0.15, 0.2) is 0 Å². The summed E-state index contributed by atoms with van der Waals surface area (Å²) in [4.78, 5) is 0. The van der Waals surface area contributed by atoms with Crippen molar-refractivity contribution in [2.45, 2.75) is 57.7 Å². The van der Waals surface area contributed by atoms with Gasteiger partial charge in [-0.25, -0.2) is 0 Å². The number of hydrogen-bond donors (Lipinski definition) is 1. The van der Waals surface area contributed by atoms with E-state index in [0.717, 1.165) is 17.2 Å². The molecule has 1 N–H and O–H groups in total. The monoisotopic (exact) mass is 215 g/mol. The van der Waals surface area contributed by atoms with Gasteiger partial charge in [0.25, 0.3) is 0 Å². The maximum absolute atomic E-state index is 3.74. The summed E-state index contributed by atoms with van der Waals surface area (Å²) in [6, 6.07) is 0.788. The summed E-state index contributed by atoms with van der Waals surface area (Å²) in [5.74, 6) is 2.05.